The van der Waals surface area contributed by atoms with Crippen LogP contribution in [0.25, 0.3) is 0 Å². The minimum atomic E-state index is -1.30. The number of nitrogens with one attached hydrogen (secondary N) is 1. The van der Waals surface area contributed by atoms with Gasteiger partial charge in [0.15, 0.2) is 0 Å². The molecule has 0 spiro atoms. The van der Waals surface area contributed by atoms with Gasteiger partial charge in [0.1, 0.15) is 29.9 Å². The number of thioether (sulfide) groups is 1. The quantitative estimate of drug-likeness (QED) is 0.488. The van der Waals surface area contributed by atoms with Gasteiger partial charge in [0, 0.05) is 6.54 Å². The second kappa shape index (κ2) is 9.89. The van der Waals surface area contributed by atoms with Crippen molar-refractivity contribution in [2.75, 3.05) is 19.8 Å². The molecule has 2 aliphatic rings. The van der Waals surface area contributed by atoms with Gasteiger partial charge in [0.25, 0.3) is 0 Å². The third-order valence-electron chi connectivity index (χ3n) is 5.85. The molecule has 0 aromatic carbocycles. The number of rotatable bonds is 7. The zero-order chi connectivity index (χ0) is 20.3. The third-order valence-corrected chi connectivity index (χ3v) is 6.71. The Balaban J connectivity index is 2.09. The fraction of sp³-hybridized carbons (Fsp3) is 0.947. The van der Waals surface area contributed by atoms with Gasteiger partial charge in [-0.3, -0.25) is 9.69 Å². The average Bonchev–Trinajstić information content (AvgIpc) is 2.99. The summed E-state index contributed by atoms with van der Waals surface area (Å²) < 4.78 is 5.88. The predicted molar refractivity (Wildman–Crippen MR) is 106 cm³/mol. The van der Waals surface area contributed by atoms with Crippen molar-refractivity contribution in [3.05, 3.63) is 0 Å². The largest absolute Gasteiger partial charge is 0.388 e. The zero-order valence-corrected chi connectivity index (χ0v) is 17.9. The monoisotopic (exact) mass is 404 g/mol. The van der Waals surface area contributed by atoms with Gasteiger partial charge in [0.2, 0.25) is 5.91 Å². The zero-order valence-electron chi connectivity index (χ0n) is 17.0. The van der Waals surface area contributed by atoms with E-state index in [0.717, 1.165) is 25.8 Å². The number of aliphatic hydroxyl groups excluding tert-OH is 3. The van der Waals surface area contributed by atoms with Gasteiger partial charge in [-0.2, -0.15) is 0 Å². The highest BCUT2D eigenvalue weighted by Gasteiger charge is 2.48. The number of carbonyl (C=O) groups is 1. The van der Waals surface area contributed by atoms with Gasteiger partial charge in [-0.05, 0) is 38.0 Å². The molecule has 2 heterocycles. The van der Waals surface area contributed by atoms with Crippen LogP contribution in [-0.2, 0) is 9.53 Å². The molecule has 0 radical (unpaired) electrons. The SMILES string of the molecule is CCC[C@@H]1C[C@H](C(=O)N[C@H](C(C)C)[C@@H]2O[C@H](SC)[C@H](O)[C@@H](O)[C@H]2O)N(C)C1. The fourth-order valence-electron chi connectivity index (χ4n) is 4.28. The van der Waals surface area contributed by atoms with Crippen LogP contribution in [0.1, 0.15) is 40.0 Å². The maximum Gasteiger partial charge on any atom is 0.237 e. The van der Waals surface area contributed by atoms with Crippen molar-refractivity contribution < 1.29 is 24.9 Å². The standard InChI is InChI=1S/C19H36N2O5S/c1-6-7-11-8-12(21(4)9-11)18(25)20-13(10(2)3)17-15(23)14(22)16(24)19(26-17)27-5/h10-17,19,22-24H,6-9H2,1-5H3,(H,20,25)/t11-,12-,13-,14+,15-,16-,17+,19-/m1/s1. The molecule has 2 saturated heterocycles. The molecule has 4 N–H and O–H groups in total. The van der Waals surface area contributed by atoms with Gasteiger partial charge < -0.3 is 25.4 Å². The Kier molecular flexibility index (Phi) is 8.39. The summed E-state index contributed by atoms with van der Waals surface area (Å²) in [6, 6.07) is -0.640. The number of likely N-dealkylation sites (tertiary alicyclic amines) is 1. The third kappa shape index (κ3) is 5.16. The van der Waals surface area contributed by atoms with Crippen molar-refractivity contribution in [1.82, 2.24) is 10.2 Å². The molecule has 27 heavy (non-hydrogen) atoms. The summed E-state index contributed by atoms with van der Waals surface area (Å²) in [6.45, 7) is 6.97. The minimum Gasteiger partial charge on any atom is -0.388 e. The molecule has 8 atom stereocenters. The van der Waals surface area contributed by atoms with Crippen molar-refractivity contribution in [1.29, 1.82) is 0 Å². The number of amides is 1. The summed E-state index contributed by atoms with van der Waals surface area (Å²) in [6.07, 6.45) is 0.343. The fourth-order valence-corrected chi connectivity index (χ4v) is 4.96. The van der Waals surface area contributed by atoms with Gasteiger partial charge in [-0.15, -0.1) is 11.8 Å². The number of ether oxygens (including phenoxy) is 1. The van der Waals surface area contributed by atoms with Crippen LogP contribution < -0.4 is 5.32 Å². The van der Waals surface area contributed by atoms with Gasteiger partial charge in [-0.25, -0.2) is 0 Å². The first-order chi connectivity index (χ1) is 12.7. The van der Waals surface area contributed by atoms with E-state index in [0.29, 0.717) is 5.92 Å². The van der Waals surface area contributed by atoms with Crippen LogP contribution >= 0.6 is 11.8 Å². The van der Waals surface area contributed by atoms with Crippen LogP contribution in [-0.4, -0.2) is 87.9 Å². The van der Waals surface area contributed by atoms with Crippen LogP contribution in [0.2, 0.25) is 0 Å². The highest BCUT2D eigenvalue weighted by molar-refractivity contribution is 7.99. The number of aliphatic hydroxyl groups is 3. The van der Waals surface area contributed by atoms with Crippen molar-refractivity contribution in [2.45, 2.75) is 82.0 Å². The number of hydrogen-bond donors (Lipinski definition) is 4. The Morgan fingerprint density at radius 3 is 2.48 bits per heavy atom. The molecule has 158 valence electrons. The number of carbonyl (C=O) groups excluding carboxylic acids is 1. The summed E-state index contributed by atoms with van der Waals surface area (Å²) in [5.74, 6) is 0.464. The lowest BCUT2D eigenvalue weighted by Crippen LogP contribution is -2.64. The number of nitrogens with zero attached hydrogens (tertiary/aromatic N) is 1. The molecule has 2 rings (SSSR count). The Hall–Kier alpha value is -0.380. The second-order valence-electron chi connectivity index (χ2n) is 8.30. The Morgan fingerprint density at radius 2 is 1.93 bits per heavy atom. The van der Waals surface area contributed by atoms with E-state index in [9.17, 15) is 20.1 Å². The van der Waals surface area contributed by atoms with E-state index in [1.54, 1.807) is 6.26 Å². The lowest BCUT2D eigenvalue weighted by molar-refractivity contribution is -0.208. The molecule has 0 bridgehead atoms. The smallest absolute Gasteiger partial charge is 0.237 e. The Morgan fingerprint density at radius 1 is 1.26 bits per heavy atom. The highest BCUT2D eigenvalue weighted by atomic mass is 32.2. The maximum absolute atomic E-state index is 13.0. The lowest BCUT2D eigenvalue weighted by Gasteiger charge is -2.44. The van der Waals surface area contributed by atoms with Gasteiger partial charge >= 0.3 is 0 Å². The average molecular weight is 405 g/mol. The lowest BCUT2D eigenvalue weighted by atomic mass is 9.88. The molecule has 2 aliphatic heterocycles. The summed E-state index contributed by atoms with van der Waals surface area (Å²) in [7, 11) is 1.97. The van der Waals surface area contributed by atoms with Gasteiger partial charge in [-0.1, -0.05) is 27.2 Å². The molecular weight excluding hydrogens is 368 g/mol. The van der Waals surface area contributed by atoms with E-state index >= 15 is 0 Å². The minimum absolute atomic E-state index is 0.00306. The van der Waals surface area contributed by atoms with E-state index in [1.165, 1.54) is 11.8 Å². The molecule has 0 unspecified atom stereocenters. The number of likely N-dealkylation sites (N-methyl/N-ethyl adjacent to an activating group) is 1. The summed E-state index contributed by atoms with van der Waals surface area (Å²) >= 11 is 1.28. The van der Waals surface area contributed by atoms with Crippen molar-refractivity contribution in [3.8, 4) is 0 Å². The van der Waals surface area contributed by atoms with Crippen LogP contribution in [0.4, 0.5) is 0 Å². The molecule has 0 aromatic rings. The molecule has 8 heteroatoms. The van der Waals surface area contributed by atoms with E-state index < -0.39 is 35.9 Å². The first-order valence-electron chi connectivity index (χ1n) is 9.94. The van der Waals surface area contributed by atoms with Crippen LogP contribution in [0.5, 0.6) is 0 Å². The first kappa shape index (κ1) is 22.9. The van der Waals surface area contributed by atoms with Crippen molar-refractivity contribution in [3.63, 3.8) is 0 Å². The van der Waals surface area contributed by atoms with E-state index in [-0.39, 0.29) is 17.9 Å². The van der Waals surface area contributed by atoms with E-state index in [2.05, 4.69) is 17.1 Å². The Labute approximate surface area is 166 Å². The topological polar surface area (TPSA) is 102 Å². The van der Waals surface area contributed by atoms with E-state index in [1.807, 2.05) is 20.9 Å². The Bertz CT molecular complexity index is 493. The van der Waals surface area contributed by atoms with E-state index in [4.69, 9.17) is 4.74 Å². The molecule has 7 nitrogen and oxygen atoms in total. The van der Waals surface area contributed by atoms with Crippen LogP contribution in [0.15, 0.2) is 0 Å². The first-order valence-corrected chi connectivity index (χ1v) is 11.2. The summed E-state index contributed by atoms with van der Waals surface area (Å²) in [5.41, 5.74) is -0.644. The van der Waals surface area contributed by atoms with Crippen LogP contribution in [0, 0.1) is 11.8 Å². The normalized spacial score (nSPS) is 38.9. The van der Waals surface area contributed by atoms with Crippen molar-refractivity contribution >= 4 is 17.7 Å². The molecule has 2 fully saturated rings. The summed E-state index contributed by atoms with van der Waals surface area (Å²) in [4.78, 5) is 15.1. The highest BCUT2D eigenvalue weighted by Crippen LogP contribution is 2.31. The second-order valence-corrected chi connectivity index (χ2v) is 9.24. The molecular formula is C19H36N2O5S. The molecule has 0 aromatic heterocycles. The van der Waals surface area contributed by atoms with Gasteiger partial charge in [0.05, 0.1) is 12.1 Å². The number of hydrogen-bond acceptors (Lipinski definition) is 7. The predicted octanol–water partition coefficient (Wildman–Crippen LogP) is 0.418. The summed E-state index contributed by atoms with van der Waals surface area (Å²) in [5, 5.41) is 33.8. The maximum atomic E-state index is 13.0. The molecule has 0 saturated carbocycles. The molecule has 0 aliphatic carbocycles. The van der Waals surface area contributed by atoms with Crippen molar-refractivity contribution in [2.24, 2.45) is 11.8 Å². The van der Waals surface area contributed by atoms with Crippen LogP contribution in [0.3, 0.4) is 0 Å². The molecule has 1 amide bonds.